The van der Waals surface area contributed by atoms with Gasteiger partial charge in [0.2, 0.25) is 17.6 Å². The van der Waals surface area contributed by atoms with Gasteiger partial charge in [0.1, 0.15) is 12.1 Å². The van der Waals surface area contributed by atoms with Gasteiger partial charge < -0.3 is 26.2 Å². The highest BCUT2D eigenvalue weighted by atomic mass is 32.2. The fraction of sp³-hybridized carbons (Fsp3) is 0.848. The van der Waals surface area contributed by atoms with Crippen LogP contribution in [-0.2, 0) is 29.0 Å². The van der Waals surface area contributed by atoms with Gasteiger partial charge in [-0.05, 0) is 62.7 Å². The summed E-state index contributed by atoms with van der Waals surface area (Å²) in [6, 6.07) is -4.86. The molecule has 3 rings (SSSR count). The van der Waals surface area contributed by atoms with E-state index in [9.17, 15) is 45.6 Å². The zero-order valence-corrected chi connectivity index (χ0v) is 30.9. The molecule has 1 saturated heterocycles. The van der Waals surface area contributed by atoms with E-state index < -0.39 is 92.2 Å². The van der Waals surface area contributed by atoms with Crippen molar-refractivity contribution in [2.75, 3.05) is 19.3 Å². The monoisotopic (exact) mass is 721 g/mol. The Bertz CT molecular complexity index is 1410. The van der Waals surface area contributed by atoms with Crippen LogP contribution in [0.2, 0.25) is 0 Å². The normalized spacial score (nSPS) is 24.6. The number of carbonyl (C=O) groups excluding carboxylic acids is 5. The number of likely N-dealkylation sites (tertiary alicyclic amines) is 1. The maximum Gasteiger partial charge on any atom is 0.389 e. The average molecular weight is 722 g/mol. The van der Waals surface area contributed by atoms with E-state index in [-0.39, 0.29) is 29.5 Å². The number of rotatable bonds is 11. The van der Waals surface area contributed by atoms with Gasteiger partial charge in [-0.15, -0.1) is 0 Å². The lowest BCUT2D eigenvalue weighted by atomic mass is 9.83. The largest absolute Gasteiger partial charge is 0.389 e. The van der Waals surface area contributed by atoms with Gasteiger partial charge in [-0.2, -0.15) is 13.2 Å². The van der Waals surface area contributed by atoms with E-state index in [1.54, 1.807) is 41.5 Å². The molecule has 4 N–H and O–H groups in total. The molecule has 1 aliphatic heterocycles. The number of piperidine rings is 1. The first kappa shape index (κ1) is 40.5. The Morgan fingerprint density at radius 3 is 1.98 bits per heavy atom. The molecular formula is C33H54F3N5O7S. The summed E-state index contributed by atoms with van der Waals surface area (Å²) in [6.45, 7) is 13.9. The Morgan fingerprint density at radius 2 is 1.49 bits per heavy atom. The van der Waals surface area contributed by atoms with E-state index in [1.807, 2.05) is 13.8 Å². The molecule has 0 aromatic carbocycles. The van der Waals surface area contributed by atoms with Gasteiger partial charge in [0, 0.05) is 20.0 Å². The number of sulfone groups is 1. The molecule has 2 saturated carbocycles. The molecule has 0 radical (unpaired) electrons. The second-order valence-corrected chi connectivity index (χ2v) is 19.4. The number of carbonyl (C=O) groups is 5. The van der Waals surface area contributed by atoms with Crippen LogP contribution in [0, 0.1) is 22.7 Å². The van der Waals surface area contributed by atoms with Crippen LogP contribution < -0.4 is 21.3 Å². The topological polar surface area (TPSA) is 171 Å². The number of fused-ring (bicyclic) bond motifs is 1. The van der Waals surface area contributed by atoms with Crippen LogP contribution in [0.5, 0.6) is 0 Å². The number of Topliss-reactive ketones (excluding diaryl/α,β-unsaturated/α-hetero) is 1. The number of hydrogen-bond donors (Lipinski definition) is 4. The van der Waals surface area contributed by atoms with Crippen LogP contribution in [0.3, 0.4) is 0 Å². The average Bonchev–Trinajstić information content (AvgIpc) is 3.26. The molecule has 5 atom stereocenters. The summed E-state index contributed by atoms with van der Waals surface area (Å²) in [5, 5.41) is 10.1. The standard InChI is InChI=1S/C33H54F3N5O7S/c1-29(2,3)24(39-28(46)40-32(14-11-10-12-15-32)18-49(47,48)30(4,5)6)27(45)41-17-19-21(31(19,7)8)22(41)25(43)38-20(13-16-33(34,35)36)23(42)26(44)37-9/h19-22,24H,10-18H2,1-9H3,(H,37,44)(H,38,43)(H2,39,40,46)/t19-,20-,21-,22-,24+/m0/s1. The van der Waals surface area contributed by atoms with E-state index in [2.05, 4.69) is 21.3 Å². The molecule has 5 amide bonds. The zero-order chi connectivity index (χ0) is 37.5. The third-order valence-electron chi connectivity index (χ3n) is 10.5. The van der Waals surface area contributed by atoms with E-state index in [0.29, 0.717) is 12.8 Å². The highest BCUT2D eigenvalue weighted by molar-refractivity contribution is 7.92. The summed E-state index contributed by atoms with van der Waals surface area (Å²) in [6.07, 6.45) is -3.71. The molecule has 49 heavy (non-hydrogen) atoms. The number of likely N-dealkylation sites (N-methyl/N-ethyl adjacent to an activating group) is 1. The molecule has 2 aliphatic carbocycles. The summed E-state index contributed by atoms with van der Waals surface area (Å²) in [5.74, 6) is -4.63. The van der Waals surface area contributed by atoms with Crippen molar-refractivity contribution < 1.29 is 45.6 Å². The van der Waals surface area contributed by atoms with Crippen molar-refractivity contribution in [1.29, 1.82) is 0 Å². The van der Waals surface area contributed by atoms with Gasteiger partial charge >= 0.3 is 12.2 Å². The number of hydrogen-bond acceptors (Lipinski definition) is 7. The maximum absolute atomic E-state index is 14.3. The van der Waals surface area contributed by atoms with Crippen molar-refractivity contribution in [3.05, 3.63) is 0 Å². The van der Waals surface area contributed by atoms with Gasteiger partial charge in [-0.1, -0.05) is 53.9 Å². The van der Waals surface area contributed by atoms with E-state index in [4.69, 9.17) is 0 Å². The zero-order valence-electron chi connectivity index (χ0n) is 30.1. The van der Waals surface area contributed by atoms with Crippen LogP contribution in [0.4, 0.5) is 18.0 Å². The third kappa shape index (κ3) is 9.26. The van der Waals surface area contributed by atoms with E-state index in [1.165, 1.54) is 4.90 Å². The highest BCUT2D eigenvalue weighted by Gasteiger charge is 2.70. The Kier molecular flexibility index (Phi) is 11.6. The molecule has 3 aliphatic rings. The number of urea groups is 1. The number of alkyl halides is 3. The van der Waals surface area contributed by atoms with Crippen LogP contribution >= 0.6 is 0 Å². The van der Waals surface area contributed by atoms with Gasteiger partial charge in [0.15, 0.2) is 9.84 Å². The molecule has 0 unspecified atom stereocenters. The summed E-state index contributed by atoms with van der Waals surface area (Å²) in [7, 11) is -2.48. The molecule has 3 fully saturated rings. The summed E-state index contributed by atoms with van der Waals surface area (Å²) >= 11 is 0. The lowest BCUT2D eigenvalue weighted by Crippen LogP contribution is -2.64. The van der Waals surface area contributed by atoms with Crippen LogP contribution in [0.1, 0.15) is 100 Å². The van der Waals surface area contributed by atoms with Crippen molar-refractivity contribution in [3.63, 3.8) is 0 Å². The Labute approximate surface area is 287 Å². The number of nitrogens with zero attached hydrogens (tertiary/aromatic N) is 1. The van der Waals surface area contributed by atoms with E-state index >= 15 is 0 Å². The van der Waals surface area contributed by atoms with Gasteiger partial charge in [-0.3, -0.25) is 19.2 Å². The minimum Gasteiger partial charge on any atom is -0.353 e. The molecule has 16 heteroatoms. The summed E-state index contributed by atoms with van der Waals surface area (Å²) in [5.41, 5.74) is -2.32. The quantitative estimate of drug-likeness (QED) is 0.237. The van der Waals surface area contributed by atoms with Crippen LogP contribution in [-0.4, -0.2) is 96.8 Å². The minimum atomic E-state index is -4.65. The highest BCUT2D eigenvalue weighted by Crippen LogP contribution is 2.65. The molecule has 0 bridgehead atoms. The molecule has 0 spiro atoms. The second-order valence-electron chi connectivity index (χ2n) is 16.7. The van der Waals surface area contributed by atoms with Gasteiger partial charge in [-0.25, -0.2) is 13.2 Å². The number of nitrogens with one attached hydrogen (secondary N) is 4. The maximum atomic E-state index is 14.3. The SMILES string of the molecule is CNC(=O)C(=O)[C@H](CCC(F)(F)F)NC(=O)[C@@H]1[C@@H]2[C@H](CN1C(=O)[C@@H](NC(=O)NC1(CS(=O)(=O)C(C)(C)C)CCCCC1)C(C)(C)C)C2(C)C. The fourth-order valence-electron chi connectivity index (χ4n) is 7.27. The summed E-state index contributed by atoms with van der Waals surface area (Å²) in [4.78, 5) is 67.9. The van der Waals surface area contributed by atoms with Crippen molar-refractivity contribution in [2.24, 2.45) is 22.7 Å². The molecule has 12 nitrogen and oxygen atoms in total. The second kappa shape index (κ2) is 14.0. The minimum absolute atomic E-state index is 0.127. The Balaban J connectivity index is 1.88. The fourth-order valence-corrected chi connectivity index (χ4v) is 8.79. The van der Waals surface area contributed by atoms with Crippen molar-refractivity contribution in [2.45, 2.75) is 135 Å². The third-order valence-corrected chi connectivity index (χ3v) is 13.3. The van der Waals surface area contributed by atoms with Crippen molar-refractivity contribution in [1.82, 2.24) is 26.2 Å². The van der Waals surface area contributed by atoms with Crippen LogP contribution in [0.25, 0.3) is 0 Å². The van der Waals surface area contributed by atoms with Gasteiger partial charge in [0.25, 0.3) is 5.91 Å². The lowest BCUT2D eigenvalue weighted by Gasteiger charge is -2.41. The van der Waals surface area contributed by atoms with Crippen LogP contribution in [0.15, 0.2) is 0 Å². The molecule has 1 heterocycles. The smallest absolute Gasteiger partial charge is 0.353 e. The van der Waals surface area contributed by atoms with Gasteiger partial charge in [0.05, 0.1) is 22.1 Å². The van der Waals surface area contributed by atoms with Crippen molar-refractivity contribution >= 4 is 39.4 Å². The first-order valence-corrected chi connectivity index (χ1v) is 18.6. The lowest BCUT2D eigenvalue weighted by molar-refractivity contribution is -0.148. The van der Waals surface area contributed by atoms with E-state index in [0.717, 1.165) is 26.3 Å². The first-order chi connectivity index (χ1) is 22.2. The predicted molar refractivity (Wildman–Crippen MR) is 177 cm³/mol. The van der Waals surface area contributed by atoms with Crippen molar-refractivity contribution in [3.8, 4) is 0 Å². The number of amides is 5. The first-order valence-electron chi connectivity index (χ1n) is 16.9. The molecule has 0 aromatic heterocycles. The summed E-state index contributed by atoms with van der Waals surface area (Å²) < 4.78 is 64.8. The number of ketones is 1. The Morgan fingerprint density at radius 1 is 0.918 bits per heavy atom. The predicted octanol–water partition coefficient (Wildman–Crippen LogP) is 3.24. The Hall–Kier alpha value is -2.91. The molecule has 0 aromatic rings. The number of halogens is 3. The molecular weight excluding hydrogens is 667 g/mol. The molecule has 280 valence electrons.